The van der Waals surface area contributed by atoms with Gasteiger partial charge in [0.15, 0.2) is 0 Å². The summed E-state index contributed by atoms with van der Waals surface area (Å²) in [6.45, 7) is 6.39. The van der Waals surface area contributed by atoms with Gasteiger partial charge in [0.1, 0.15) is 11.5 Å². The van der Waals surface area contributed by atoms with E-state index in [9.17, 15) is 24.8 Å². The number of hydrogen-bond donors (Lipinski definition) is 1. The van der Waals surface area contributed by atoms with Crippen molar-refractivity contribution in [2.75, 3.05) is 27.2 Å². The average Bonchev–Trinajstić information content (AvgIpc) is 3.03. The number of non-ortho nitro benzene ring substituents is 1. The predicted molar refractivity (Wildman–Crippen MR) is 128 cm³/mol. The molecule has 0 aliphatic carbocycles. The zero-order valence-corrected chi connectivity index (χ0v) is 19.9. The van der Waals surface area contributed by atoms with Crippen LogP contribution in [0.25, 0.3) is 5.76 Å². The van der Waals surface area contributed by atoms with Crippen molar-refractivity contribution in [3.05, 3.63) is 74.8 Å². The molecule has 1 N–H and O–H groups in total. The van der Waals surface area contributed by atoms with Gasteiger partial charge in [-0.2, -0.15) is 0 Å². The average molecular weight is 468 g/mol. The number of likely N-dealkylation sites (N-methyl/N-ethyl adjacent to an activating group) is 1. The van der Waals surface area contributed by atoms with Crippen molar-refractivity contribution in [1.82, 2.24) is 9.80 Å². The fraction of sp³-hybridized carbons (Fsp3) is 0.360. The van der Waals surface area contributed by atoms with Gasteiger partial charge in [0, 0.05) is 30.8 Å². The Morgan fingerprint density at radius 2 is 1.82 bits per heavy atom. The maximum absolute atomic E-state index is 13.1. The van der Waals surface area contributed by atoms with Gasteiger partial charge in [-0.3, -0.25) is 19.7 Å². The number of ketones is 1. The number of aliphatic hydroxyl groups is 1. The van der Waals surface area contributed by atoms with Crippen LogP contribution >= 0.6 is 0 Å². The van der Waals surface area contributed by atoms with Crippen molar-refractivity contribution in [1.29, 1.82) is 0 Å². The van der Waals surface area contributed by atoms with Crippen LogP contribution in [-0.2, 0) is 9.59 Å². The van der Waals surface area contributed by atoms with Crippen molar-refractivity contribution in [3.63, 3.8) is 0 Å². The zero-order valence-electron chi connectivity index (χ0n) is 19.9. The molecule has 9 nitrogen and oxygen atoms in total. The van der Waals surface area contributed by atoms with Crippen LogP contribution in [-0.4, -0.2) is 64.8 Å². The number of nitro benzene ring substituents is 1. The van der Waals surface area contributed by atoms with Crippen LogP contribution < -0.4 is 4.74 Å². The Morgan fingerprint density at radius 3 is 2.35 bits per heavy atom. The third kappa shape index (κ3) is 5.09. The van der Waals surface area contributed by atoms with Gasteiger partial charge < -0.3 is 19.6 Å². The second-order valence-electron chi connectivity index (χ2n) is 8.79. The number of Topliss-reactive ketones (excluding diaryl/α,β-unsaturated/α-hetero) is 1. The number of aryl methyl sites for hydroxylation is 1. The molecule has 2 aromatic rings. The standard InChI is InChI=1S/C25H29N3O6/c1-15(2)34-20-11-8-18(14-16(20)3)23(29)21-22(17-6-9-19(10-7-17)28(32)33)27(13-12-26(4)5)25(31)24(21)30/h6-11,14-15,22,29H,12-13H2,1-5H3/b23-21-. The summed E-state index contributed by atoms with van der Waals surface area (Å²) in [6.07, 6.45) is -0.0256. The lowest BCUT2D eigenvalue weighted by Gasteiger charge is -2.26. The molecule has 180 valence electrons. The van der Waals surface area contributed by atoms with Crippen LogP contribution in [0.1, 0.15) is 36.6 Å². The molecule has 1 aliphatic rings. The maximum Gasteiger partial charge on any atom is 0.295 e. The van der Waals surface area contributed by atoms with E-state index >= 15 is 0 Å². The quantitative estimate of drug-likeness (QED) is 0.207. The molecule has 1 atom stereocenters. The molecule has 1 heterocycles. The summed E-state index contributed by atoms with van der Waals surface area (Å²) in [4.78, 5) is 39.9. The van der Waals surface area contributed by atoms with E-state index in [4.69, 9.17) is 4.74 Å². The molecule has 3 rings (SSSR count). The van der Waals surface area contributed by atoms with Gasteiger partial charge in [-0.25, -0.2) is 0 Å². The highest BCUT2D eigenvalue weighted by Crippen LogP contribution is 2.40. The van der Waals surface area contributed by atoms with Crippen molar-refractivity contribution >= 4 is 23.1 Å². The van der Waals surface area contributed by atoms with Gasteiger partial charge in [0.25, 0.3) is 17.4 Å². The highest BCUT2D eigenvalue weighted by atomic mass is 16.6. The largest absolute Gasteiger partial charge is 0.507 e. The van der Waals surface area contributed by atoms with Gasteiger partial charge in [-0.1, -0.05) is 0 Å². The third-order valence-corrected chi connectivity index (χ3v) is 5.56. The van der Waals surface area contributed by atoms with Gasteiger partial charge in [0.05, 0.1) is 22.6 Å². The van der Waals surface area contributed by atoms with E-state index in [2.05, 4.69) is 0 Å². The molecular formula is C25H29N3O6. The van der Waals surface area contributed by atoms with Gasteiger partial charge in [-0.15, -0.1) is 0 Å². The van der Waals surface area contributed by atoms with Crippen LogP contribution in [0.2, 0.25) is 0 Å². The lowest BCUT2D eigenvalue weighted by molar-refractivity contribution is -0.384. The van der Waals surface area contributed by atoms with E-state index in [0.29, 0.717) is 23.4 Å². The molecule has 1 amide bonds. The van der Waals surface area contributed by atoms with Crippen LogP contribution in [0.5, 0.6) is 5.75 Å². The molecule has 2 aromatic carbocycles. The SMILES string of the molecule is Cc1cc(/C(O)=C2/C(=O)C(=O)N(CCN(C)C)C2c2ccc([N+](=O)[O-])cc2)ccc1OC(C)C. The maximum atomic E-state index is 13.1. The molecule has 1 fully saturated rings. The number of nitro groups is 1. The molecule has 0 saturated carbocycles. The van der Waals surface area contributed by atoms with Gasteiger partial charge in [0.2, 0.25) is 0 Å². The normalized spacial score (nSPS) is 17.6. The number of ether oxygens (including phenoxy) is 1. The van der Waals surface area contributed by atoms with E-state index < -0.39 is 22.7 Å². The molecule has 0 radical (unpaired) electrons. The van der Waals surface area contributed by atoms with Crippen LogP contribution in [0, 0.1) is 17.0 Å². The molecule has 1 unspecified atom stereocenters. The Hall–Kier alpha value is -3.72. The third-order valence-electron chi connectivity index (χ3n) is 5.56. The summed E-state index contributed by atoms with van der Waals surface area (Å²) in [7, 11) is 3.70. The Morgan fingerprint density at radius 1 is 1.18 bits per heavy atom. The molecule has 34 heavy (non-hydrogen) atoms. The Balaban J connectivity index is 2.12. The summed E-state index contributed by atoms with van der Waals surface area (Å²) in [5.41, 5.74) is 1.50. The second-order valence-corrected chi connectivity index (χ2v) is 8.79. The minimum atomic E-state index is -0.868. The van der Waals surface area contributed by atoms with Crippen LogP contribution in [0.4, 0.5) is 5.69 Å². The van der Waals surface area contributed by atoms with Crippen molar-refractivity contribution in [2.45, 2.75) is 32.9 Å². The Bertz CT molecular complexity index is 1140. The number of amides is 1. The highest BCUT2D eigenvalue weighted by Gasteiger charge is 2.46. The first-order chi connectivity index (χ1) is 16.0. The number of benzene rings is 2. The first-order valence-electron chi connectivity index (χ1n) is 11.0. The lowest BCUT2D eigenvalue weighted by atomic mass is 9.94. The first-order valence-corrected chi connectivity index (χ1v) is 11.0. The van der Waals surface area contributed by atoms with Crippen LogP contribution in [0.15, 0.2) is 48.0 Å². The van der Waals surface area contributed by atoms with Gasteiger partial charge in [-0.05, 0) is 76.3 Å². The number of carbonyl (C=O) groups excluding carboxylic acids is 2. The number of rotatable bonds is 8. The summed E-state index contributed by atoms with van der Waals surface area (Å²) < 4.78 is 5.75. The van der Waals surface area contributed by atoms with E-state index in [1.54, 1.807) is 18.2 Å². The minimum Gasteiger partial charge on any atom is -0.507 e. The summed E-state index contributed by atoms with van der Waals surface area (Å²) in [6, 6.07) is 9.85. The fourth-order valence-corrected chi connectivity index (χ4v) is 3.88. The Labute approximate surface area is 198 Å². The lowest BCUT2D eigenvalue weighted by Crippen LogP contribution is -2.35. The van der Waals surface area contributed by atoms with Crippen molar-refractivity contribution in [3.8, 4) is 5.75 Å². The summed E-state index contributed by atoms with van der Waals surface area (Å²) in [5.74, 6) is -1.15. The van der Waals surface area contributed by atoms with E-state index in [-0.39, 0.29) is 29.7 Å². The molecule has 9 heteroatoms. The van der Waals surface area contributed by atoms with Crippen LogP contribution in [0.3, 0.4) is 0 Å². The van der Waals surface area contributed by atoms with Gasteiger partial charge >= 0.3 is 0 Å². The monoisotopic (exact) mass is 467 g/mol. The summed E-state index contributed by atoms with van der Waals surface area (Å²) in [5, 5.41) is 22.3. The smallest absolute Gasteiger partial charge is 0.295 e. The zero-order chi connectivity index (χ0) is 25.2. The molecule has 1 saturated heterocycles. The number of aliphatic hydroxyl groups excluding tert-OH is 1. The van der Waals surface area contributed by atoms with E-state index in [1.807, 2.05) is 39.8 Å². The predicted octanol–water partition coefficient (Wildman–Crippen LogP) is 3.67. The minimum absolute atomic E-state index is 0.0256. The van der Waals surface area contributed by atoms with Crippen molar-refractivity contribution < 1.29 is 24.4 Å². The number of likely N-dealkylation sites (tertiary alicyclic amines) is 1. The topological polar surface area (TPSA) is 113 Å². The van der Waals surface area contributed by atoms with Crippen molar-refractivity contribution in [2.24, 2.45) is 0 Å². The second kappa shape index (κ2) is 10.0. The van der Waals surface area contributed by atoms with E-state index in [1.165, 1.54) is 29.2 Å². The Kier molecular flexibility index (Phi) is 7.36. The molecule has 0 bridgehead atoms. The number of nitrogens with zero attached hydrogens (tertiary/aromatic N) is 3. The highest BCUT2D eigenvalue weighted by molar-refractivity contribution is 6.46. The molecule has 1 aliphatic heterocycles. The summed E-state index contributed by atoms with van der Waals surface area (Å²) >= 11 is 0. The fourth-order valence-electron chi connectivity index (χ4n) is 3.88. The number of hydrogen-bond acceptors (Lipinski definition) is 7. The molecule has 0 spiro atoms. The van der Waals surface area contributed by atoms with E-state index in [0.717, 1.165) is 5.56 Å². The number of carbonyl (C=O) groups is 2. The molecule has 0 aromatic heterocycles. The molecular weight excluding hydrogens is 438 g/mol. The first kappa shape index (κ1) is 24.9.